The zero-order chi connectivity index (χ0) is 13.7. The van der Waals surface area contributed by atoms with Gasteiger partial charge in [-0.05, 0) is 31.0 Å². The number of hydrogen-bond acceptors (Lipinski definition) is 5. The summed E-state index contributed by atoms with van der Waals surface area (Å²) in [7, 11) is 1.56. The van der Waals surface area contributed by atoms with Gasteiger partial charge in [0.1, 0.15) is 0 Å². The van der Waals surface area contributed by atoms with Crippen LogP contribution in [0.4, 0.5) is 0 Å². The minimum absolute atomic E-state index is 0.181. The number of morpholine rings is 1. The minimum Gasteiger partial charge on any atom is -0.504 e. The number of aromatic hydroxyl groups is 1. The molecule has 0 aromatic heterocycles. The van der Waals surface area contributed by atoms with Gasteiger partial charge in [-0.1, -0.05) is 6.07 Å². The van der Waals surface area contributed by atoms with Gasteiger partial charge in [-0.3, -0.25) is 5.43 Å². The fraction of sp³-hybridized carbons (Fsp3) is 0.571. The molecule has 5 nitrogen and oxygen atoms in total. The van der Waals surface area contributed by atoms with Crippen molar-refractivity contribution < 1.29 is 14.6 Å². The van der Waals surface area contributed by atoms with E-state index in [4.69, 9.17) is 9.47 Å². The second-order valence-corrected chi connectivity index (χ2v) is 4.84. The van der Waals surface area contributed by atoms with Crippen LogP contribution < -0.4 is 10.2 Å². The van der Waals surface area contributed by atoms with Crippen LogP contribution in [0.2, 0.25) is 0 Å². The highest BCUT2D eigenvalue weighted by Gasteiger charge is 2.13. The predicted octanol–water partition coefficient (Wildman–Crippen LogP) is 1.17. The average molecular weight is 266 g/mol. The molecule has 0 spiro atoms. The number of phenols is 1. The van der Waals surface area contributed by atoms with E-state index in [2.05, 4.69) is 17.4 Å². The highest BCUT2D eigenvalue weighted by Crippen LogP contribution is 2.26. The molecule has 1 heterocycles. The first kappa shape index (κ1) is 14.1. The van der Waals surface area contributed by atoms with Gasteiger partial charge in [0.25, 0.3) is 0 Å². The van der Waals surface area contributed by atoms with Gasteiger partial charge >= 0.3 is 0 Å². The maximum Gasteiger partial charge on any atom is 0.160 e. The summed E-state index contributed by atoms with van der Waals surface area (Å²) in [6, 6.07) is 5.81. The van der Waals surface area contributed by atoms with Gasteiger partial charge in [0.15, 0.2) is 11.5 Å². The molecule has 0 saturated carbocycles. The molecule has 0 aliphatic carbocycles. The SMILES string of the molecule is COc1cc(C[C@H](C)NN2CCOCC2)ccc1O. The molecule has 2 N–H and O–H groups in total. The van der Waals surface area contributed by atoms with E-state index < -0.39 is 0 Å². The number of ether oxygens (including phenoxy) is 2. The lowest BCUT2D eigenvalue weighted by molar-refractivity contribution is 0.00510. The Morgan fingerprint density at radius 1 is 1.42 bits per heavy atom. The van der Waals surface area contributed by atoms with Crippen LogP contribution in [0.1, 0.15) is 12.5 Å². The molecular weight excluding hydrogens is 244 g/mol. The normalized spacial score (nSPS) is 18.2. The Labute approximate surface area is 114 Å². The molecule has 0 amide bonds. The molecular formula is C14H22N2O3. The second-order valence-electron chi connectivity index (χ2n) is 4.84. The summed E-state index contributed by atoms with van der Waals surface area (Å²) in [5, 5.41) is 11.8. The van der Waals surface area contributed by atoms with Gasteiger partial charge in [0.05, 0.1) is 20.3 Å². The van der Waals surface area contributed by atoms with Crippen LogP contribution in [-0.2, 0) is 11.2 Å². The van der Waals surface area contributed by atoms with Gasteiger partial charge in [0.2, 0.25) is 0 Å². The molecule has 1 saturated heterocycles. The topological polar surface area (TPSA) is 54.0 Å². The van der Waals surface area contributed by atoms with Crippen molar-refractivity contribution in [2.45, 2.75) is 19.4 Å². The van der Waals surface area contributed by atoms with Crippen LogP contribution in [0.5, 0.6) is 11.5 Å². The number of hydrazine groups is 1. The summed E-state index contributed by atoms with van der Waals surface area (Å²) in [5.74, 6) is 0.705. The first-order chi connectivity index (χ1) is 9.19. The first-order valence-electron chi connectivity index (χ1n) is 6.64. The molecule has 1 aromatic carbocycles. The lowest BCUT2D eigenvalue weighted by Gasteiger charge is -2.30. The zero-order valence-electron chi connectivity index (χ0n) is 11.6. The fourth-order valence-electron chi connectivity index (χ4n) is 2.25. The Morgan fingerprint density at radius 2 is 2.16 bits per heavy atom. The molecule has 0 radical (unpaired) electrons. The van der Waals surface area contributed by atoms with Crippen molar-refractivity contribution in [1.82, 2.24) is 10.4 Å². The molecule has 1 aliphatic rings. The Bertz CT molecular complexity index is 406. The van der Waals surface area contributed by atoms with Crippen molar-refractivity contribution in [2.75, 3.05) is 33.4 Å². The summed E-state index contributed by atoms with van der Waals surface area (Å²) in [6.07, 6.45) is 0.883. The highest BCUT2D eigenvalue weighted by molar-refractivity contribution is 5.41. The van der Waals surface area contributed by atoms with Crippen LogP contribution in [0.25, 0.3) is 0 Å². The molecule has 1 fully saturated rings. The number of nitrogens with zero attached hydrogens (tertiary/aromatic N) is 1. The quantitative estimate of drug-likeness (QED) is 0.838. The number of rotatable bonds is 5. The average Bonchev–Trinajstić information content (AvgIpc) is 2.42. The van der Waals surface area contributed by atoms with E-state index in [9.17, 15) is 5.11 Å². The maximum atomic E-state index is 9.57. The third-order valence-corrected chi connectivity index (χ3v) is 3.20. The first-order valence-corrected chi connectivity index (χ1v) is 6.64. The minimum atomic E-state index is 0.181. The van der Waals surface area contributed by atoms with Gasteiger partial charge in [-0.25, -0.2) is 5.01 Å². The van der Waals surface area contributed by atoms with Gasteiger partial charge < -0.3 is 14.6 Å². The molecule has 5 heteroatoms. The van der Waals surface area contributed by atoms with Crippen molar-refractivity contribution in [3.63, 3.8) is 0 Å². The van der Waals surface area contributed by atoms with E-state index >= 15 is 0 Å². The Kier molecular flexibility index (Phi) is 5.01. The van der Waals surface area contributed by atoms with Crippen LogP contribution in [-0.4, -0.2) is 49.6 Å². The van der Waals surface area contributed by atoms with Crippen LogP contribution in [0.3, 0.4) is 0 Å². The van der Waals surface area contributed by atoms with Gasteiger partial charge in [0, 0.05) is 19.1 Å². The number of hydrogen-bond donors (Lipinski definition) is 2. The van der Waals surface area contributed by atoms with E-state index in [0.717, 1.165) is 38.3 Å². The fourth-order valence-corrected chi connectivity index (χ4v) is 2.25. The van der Waals surface area contributed by atoms with E-state index in [-0.39, 0.29) is 5.75 Å². The summed E-state index contributed by atoms with van der Waals surface area (Å²) in [4.78, 5) is 0. The Hall–Kier alpha value is -1.30. The molecule has 0 unspecified atom stereocenters. The van der Waals surface area contributed by atoms with Crippen LogP contribution >= 0.6 is 0 Å². The smallest absolute Gasteiger partial charge is 0.160 e. The van der Waals surface area contributed by atoms with E-state index in [1.165, 1.54) is 0 Å². The van der Waals surface area contributed by atoms with Gasteiger partial charge in [-0.2, -0.15) is 0 Å². The van der Waals surface area contributed by atoms with Crippen molar-refractivity contribution in [2.24, 2.45) is 0 Å². The third kappa shape index (κ3) is 4.09. The van der Waals surface area contributed by atoms with Crippen molar-refractivity contribution in [3.8, 4) is 11.5 Å². The summed E-state index contributed by atoms with van der Waals surface area (Å²) in [6.45, 7) is 5.56. The van der Waals surface area contributed by atoms with Gasteiger partial charge in [-0.15, -0.1) is 0 Å². The van der Waals surface area contributed by atoms with E-state index in [1.54, 1.807) is 13.2 Å². The Balaban J connectivity index is 1.88. The monoisotopic (exact) mass is 266 g/mol. The second kappa shape index (κ2) is 6.75. The van der Waals surface area contributed by atoms with Crippen LogP contribution in [0.15, 0.2) is 18.2 Å². The van der Waals surface area contributed by atoms with Crippen molar-refractivity contribution in [1.29, 1.82) is 0 Å². The molecule has 0 bridgehead atoms. The maximum absolute atomic E-state index is 9.57. The van der Waals surface area contributed by atoms with E-state index in [1.807, 2.05) is 12.1 Å². The number of phenolic OH excluding ortho intramolecular Hbond substituents is 1. The third-order valence-electron chi connectivity index (χ3n) is 3.20. The molecule has 2 rings (SSSR count). The van der Waals surface area contributed by atoms with Crippen molar-refractivity contribution >= 4 is 0 Å². The summed E-state index contributed by atoms with van der Waals surface area (Å²) >= 11 is 0. The summed E-state index contributed by atoms with van der Waals surface area (Å²) < 4.78 is 10.4. The zero-order valence-corrected chi connectivity index (χ0v) is 11.6. The molecule has 1 aromatic rings. The van der Waals surface area contributed by atoms with Crippen molar-refractivity contribution in [3.05, 3.63) is 23.8 Å². The standard InChI is InChI=1S/C14H22N2O3/c1-11(15-16-5-7-19-8-6-16)9-12-3-4-13(17)14(10-12)18-2/h3-4,10-11,15,17H,5-9H2,1-2H3/t11-/m0/s1. The summed E-state index contributed by atoms with van der Waals surface area (Å²) in [5.41, 5.74) is 4.61. The largest absolute Gasteiger partial charge is 0.504 e. The lowest BCUT2D eigenvalue weighted by Crippen LogP contribution is -2.49. The molecule has 19 heavy (non-hydrogen) atoms. The molecule has 1 aliphatic heterocycles. The number of methoxy groups -OCH3 is 1. The highest BCUT2D eigenvalue weighted by atomic mass is 16.5. The molecule has 106 valence electrons. The number of nitrogens with one attached hydrogen (secondary N) is 1. The Morgan fingerprint density at radius 3 is 2.84 bits per heavy atom. The van der Waals surface area contributed by atoms with E-state index in [0.29, 0.717) is 11.8 Å². The lowest BCUT2D eigenvalue weighted by atomic mass is 10.1. The number of benzene rings is 1. The molecule has 1 atom stereocenters. The van der Waals surface area contributed by atoms with Crippen LogP contribution in [0, 0.1) is 0 Å². The predicted molar refractivity (Wildman–Crippen MR) is 73.4 cm³/mol.